The zero-order valence-corrected chi connectivity index (χ0v) is 10.9. The highest BCUT2D eigenvalue weighted by atomic mass is 19.4. The second-order valence-corrected chi connectivity index (χ2v) is 4.12. The molecule has 2 aromatic carbocycles. The van der Waals surface area contributed by atoms with Gasteiger partial charge in [-0.15, -0.1) is 13.2 Å². The quantitative estimate of drug-likeness (QED) is 0.689. The van der Waals surface area contributed by atoms with Gasteiger partial charge in [-0.1, -0.05) is 12.1 Å². The Labute approximate surface area is 117 Å². The van der Waals surface area contributed by atoms with Gasteiger partial charge < -0.3 is 15.2 Å². The van der Waals surface area contributed by atoms with E-state index in [9.17, 15) is 17.6 Å². The van der Waals surface area contributed by atoms with Crippen molar-refractivity contribution in [2.75, 3.05) is 12.8 Å². The fourth-order valence-electron chi connectivity index (χ4n) is 1.84. The molecule has 0 saturated heterocycles. The maximum atomic E-state index is 14.2. The maximum absolute atomic E-state index is 14.2. The highest BCUT2D eigenvalue weighted by Gasteiger charge is 2.31. The first-order valence-electron chi connectivity index (χ1n) is 5.80. The summed E-state index contributed by atoms with van der Waals surface area (Å²) in [5.74, 6) is -1.22. The molecule has 0 atom stereocenters. The van der Waals surface area contributed by atoms with Crippen LogP contribution in [0.4, 0.5) is 23.2 Å². The molecule has 0 bridgehead atoms. The largest absolute Gasteiger partial charge is 0.573 e. The van der Waals surface area contributed by atoms with Gasteiger partial charge in [0.25, 0.3) is 0 Å². The SMILES string of the molecule is COc1cccc(-c2cc(OC(F)(F)F)ccc2N)c1F. The molecule has 0 spiro atoms. The number of methoxy groups -OCH3 is 1. The summed E-state index contributed by atoms with van der Waals surface area (Å²) in [5.41, 5.74) is 5.94. The molecule has 112 valence electrons. The van der Waals surface area contributed by atoms with Gasteiger partial charge in [0.2, 0.25) is 0 Å². The lowest BCUT2D eigenvalue weighted by Crippen LogP contribution is -2.17. The van der Waals surface area contributed by atoms with Crippen LogP contribution in [0.3, 0.4) is 0 Å². The lowest BCUT2D eigenvalue weighted by Gasteiger charge is -2.13. The molecule has 3 nitrogen and oxygen atoms in total. The Kier molecular flexibility index (Phi) is 3.93. The Morgan fingerprint density at radius 1 is 1.05 bits per heavy atom. The number of hydrogen-bond donors (Lipinski definition) is 1. The summed E-state index contributed by atoms with van der Waals surface area (Å²) in [6, 6.07) is 7.60. The van der Waals surface area contributed by atoms with Crippen molar-refractivity contribution in [2.24, 2.45) is 0 Å². The number of halogens is 4. The van der Waals surface area contributed by atoms with Crippen molar-refractivity contribution in [1.29, 1.82) is 0 Å². The first-order chi connectivity index (χ1) is 9.81. The Hall–Kier alpha value is -2.44. The Balaban J connectivity index is 2.51. The molecule has 0 aliphatic heterocycles. The van der Waals surface area contributed by atoms with Gasteiger partial charge in [-0.05, 0) is 24.3 Å². The van der Waals surface area contributed by atoms with Crippen LogP contribution in [0.5, 0.6) is 11.5 Å². The third kappa shape index (κ3) is 3.36. The fourth-order valence-corrected chi connectivity index (χ4v) is 1.84. The number of ether oxygens (including phenoxy) is 2. The number of rotatable bonds is 3. The number of nitrogens with two attached hydrogens (primary N) is 1. The molecule has 0 unspecified atom stereocenters. The van der Waals surface area contributed by atoms with Crippen molar-refractivity contribution in [3.05, 3.63) is 42.2 Å². The minimum Gasteiger partial charge on any atom is -0.494 e. The predicted octanol–water partition coefficient (Wildman–Crippen LogP) is 3.98. The lowest BCUT2D eigenvalue weighted by molar-refractivity contribution is -0.274. The Morgan fingerprint density at radius 2 is 1.76 bits per heavy atom. The van der Waals surface area contributed by atoms with Crippen LogP contribution in [0.2, 0.25) is 0 Å². The van der Waals surface area contributed by atoms with Gasteiger partial charge in [0.05, 0.1) is 7.11 Å². The number of alkyl halides is 3. The average molecular weight is 301 g/mol. The molecule has 0 amide bonds. The molecule has 0 heterocycles. The molecular formula is C14H11F4NO2. The first kappa shape index (κ1) is 15.0. The van der Waals surface area contributed by atoms with Crippen LogP contribution in [0.25, 0.3) is 11.1 Å². The minimum atomic E-state index is -4.83. The van der Waals surface area contributed by atoms with Gasteiger partial charge in [0, 0.05) is 16.8 Å². The zero-order chi connectivity index (χ0) is 15.6. The van der Waals surface area contributed by atoms with Gasteiger partial charge in [-0.3, -0.25) is 0 Å². The summed E-state index contributed by atoms with van der Waals surface area (Å²) in [6.07, 6.45) is -4.83. The molecule has 2 aromatic rings. The topological polar surface area (TPSA) is 44.5 Å². The van der Waals surface area contributed by atoms with E-state index in [0.717, 1.165) is 12.1 Å². The summed E-state index contributed by atoms with van der Waals surface area (Å²) in [5, 5.41) is 0. The molecular weight excluding hydrogens is 290 g/mol. The molecule has 7 heteroatoms. The standard InChI is InChI=1S/C14H11F4NO2/c1-20-12-4-2-3-9(13(12)15)10-7-8(5-6-11(10)19)21-14(16,17)18/h2-7H,19H2,1H3. The number of anilines is 1. The maximum Gasteiger partial charge on any atom is 0.573 e. The van der Waals surface area contributed by atoms with Gasteiger partial charge in [-0.25, -0.2) is 4.39 Å². The van der Waals surface area contributed by atoms with E-state index in [1.807, 2.05) is 0 Å². The molecule has 2 N–H and O–H groups in total. The average Bonchev–Trinajstić information content (AvgIpc) is 2.40. The van der Waals surface area contributed by atoms with Crippen LogP contribution in [0.1, 0.15) is 0 Å². The van der Waals surface area contributed by atoms with Crippen LogP contribution in [-0.2, 0) is 0 Å². The van der Waals surface area contributed by atoms with Crippen LogP contribution < -0.4 is 15.2 Å². The second-order valence-electron chi connectivity index (χ2n) is 4.12. The molecule has 0 fully saturated rings. The summed E-state index contributed by atoms with van der Waals surface area (Å²) in [7, 11) is 1.29. The van der Waals surface area contributed by atoms with Crippen molar-refractivity contribution >= 4 is 5.69 Å². The van der Waals surface area contributed by atoms with Crippen LogP contribution in [0.15, 0.2) is 36.4 Å². The fraction of sp³-hybridized carbons (Fsp3) is 0.143. The van der Waals surface area contributed by atoms with Crippen molar-refractivity contribution in [2.45, 2.75) is 6.36 Å². The summed E-state index contributed by atoms with van der Waals surface area (Å²) >= 11 is 0. The number of hydrogen-bond acceptors (Lipinski definition) is 3. The van der Waals surface area contributed by atoms with E-state index in [1.165, 1.54) is 31.4 Å². The Morgan fingerprint density at radius 3 is 2.38 bits per heavy atom. The summed E-state index contributed by atoms with van der Waals surface area (Å²) < 4.78 is 59.5. The summed E-state index contributed by atoms with van der Waals surface area (Å²) in [6.45, 7) is 0. The molecule has 0 aliphatic carbocycles. The monoisotopic (exact) mass is 301 g/mol. The lowest BCUT2D eigenvalue weighted by atomic mass is 10.0. The summed E-state index contributed by atoms with van der Waals surface area (Å²) in [4.78, 5) is 0. The minimum absolute atomic E-state index is 0.0273. The van der Waals surface area contributed by atoms with E-state index < -0.39 is 17.9 Å². The highest BCUT2D eigenvalue weighted by Crippen LogP contribution is 2.36. The van der Waals surface area contributed by atoms with Crippen molar-refractivity contribution in [1.82, 2.24) is 0 Å². The molecule has 0 aromatic heterocycles. The Bertz CT molecular complexity index is 656. The van der Waals surface area contributed by atoms with Crippen molar-refractivity contribution in [3.8, 4) is 22.6 Å². The van der Waals surface area contributed by atoms with Crippen molar-refractivity contribution < 1.29 is 27.0 Å². The molecule has 2 rings (SSSR count). The van der Waals surface area contributed by atoms with E-state index in [0.29, 0.717) is 0 Å². The van der Waals surface area contributed by atoms with E-state index >= 15 is 0 Å². The van der Waals surface area contributed by atoms with Crippen LogP contribution >= 0.6 is 0 Å². The van der Waals surface area contributed by atoms with E-state index in [1.54, 1.807) is 0 Å². The third-order valence-electron chi connectivity index (χ3n) is 2.73. The third-order valence-corrected chi connectivity index (χ3v) is 2.73. The van der Waals surface area contributed by atoms with Gasteiger partial charge >= 0.3 is 6.36 Å². The van der Waals surface area contributed by atoms with Crippen LogP contribution in [-0.4, -0.2) is 13.5 Å². The van der Waals surface area contributed by atoms with E-state index in [4.69, 9.17) is 10.5 Å². The molecule has 0 saturated carbocycles. The molecule has 0 radical (unpaired) electrons. The smallest absolute Gasteiger partial charge is 0.494 e. The van der Waals surface area contributed by atoms with Crippen molar-refractivity contribution in [3.63, 3.8) is 0 Å². The number of nitrogen functional groups attached to an aromatic ring is 1. The van der Waals surface area contributed by atoms with Gasteiger partial charge in [0.15, 0.2) is 11.6 Å². The number of benzene rings is 2. The first-order valence-corrected chi connectivity index (χ1v) is 5.80. The predicted molar refractivity (Wildman–Crippen MR) is 69.5 cm³/mol. The second kappa shape index (κ2) is 5.51. The normalized spacial score (nSPS) is 11.3. The van der Waals surface area contributed by atoms with Crippen LogP contribution in [0, 0.1) is 5.82 Å². The molecule has 21 heavy (non-hydrogen) atoms. The highest BCUT2D eigenvalue weighted by molar-refractivity contribution is 5.78. The zero-order valence-electron chi connectivity index (χ0n) is 10.9. The van der Waals surface area contributed by atoms with E-state index in [-0.39, 0.29) is 22.6 Å². The molecule has 0 aliphatic rings. The van der Waals surface area contributed by atoms with Gasteiger partial charge in [0.1, 0.15) is 5.75 Å². The van der Waals surface area contributed by atoms with E-state index in [2.05, 4.69) is 4.74 Å². The van der Waals surface area contributed by atoms with Gasteiger partial charge in [-0.2, -0.15) is 0 Å².